The lowest BCUT2D eigenvalue weighted by molar-refractivity contribution is -0.115. The minimum atomic E-state index is -0.503. The maximum Gasteiger partial charge on any atom is 0.273 e. The third-order valence-electron chi connectivity index (χ3n) is 3.59. The van der Waals surface area contributed by atoms with Gasteiger partial charge in [0.2, 0.25) is 5.91 Å². The fraction of sp³-hybridized carbons (Fsp3) is 0.250. The number of amides is 3. The summed E-state index contributed by atoms with van der Waals surface area (Å²) in [5, 5.41) is 2.70. The molecule has 0 aliphatic heterocycles. The molecule has 0 fully saturated rings. The SMILES string of the molecule is CCC(=O)Nc1ccc(C(=O)NNC(=O)c2cc(Br)ccc2OC(C)C)cc1. The zero-order valence-electron chi connectivity index (χ0n) is 15.8. The highest BCUT2D eigenvalue weighted by Gasteiger charge is 2.15. The number of carbonyl (C=O) groups is 3. The summed E-state index contributed by atoms with van der Waals surface area (Å²) in [5.74, 6) is -0.681. The Morgan fingerprint density at radius 2 is 1.64 bits per heavy atom. The van der Waals surface area contributed by atoms with Gasteiger partial charge in [-0.25, -0.2) is 0 Å². The van der Waals surface area contributed by atoms with Crippen LogP contribution in [0.5, 0.6) is 5.75 Å². The van der Waals surface area contributed by atoms with E-state index < -0.39 is 11.8 Å². The Balaban J connectivity index is 2.02. The number of hydrazine groups is 1. The second kappa shape index (κ2) is 9.89. The molecule has 0 spiro atoms. The van der Waals surface area contributed by atoms with E-state index in [0.29, 0.717) is 33.5 Å². The number of anilines is 1. The van der Waals surface area contributed by atoms with Gasteiger partial charge in [-0.15, -0.1) is 0 Å². The fourth-order valence-electron chi connectivity index (χ4n) is 2.24. The molecule has 3 amide bonds. The number of carbonyl (C=O) groups excluding carboxylic acids is 3. The predicted molar refractivity (Wildman–Crippen MR) is 110 cm³/mol. The second-order valence-electron chi connectivity index (χ2n) is 6.19. The zero-order valence-corrected chi connectivity index (χ0v) is 17.4. The van der Waals surface area contributed by atoms with Gasteiger partial charge in [0.1, 0.15) is 5.75 Å². The normalized spacial score (nSPS) is 10.3. The van der Waals surface area contributed by atoms with Crippen LogP contribution in [0.25, 0.3) is 0 Å². The van der Waals surface area contributed by atoms with Gasteiger partial charge < -0.3 is 10.1 Å². The van der Waals surface area contributed by atoms with Crippen LogP contribution >= 0.6 is 15.9 Å². The van der Waals surface area contributed by atoms with E-state index >= 15 is 0 Å². The Morgan fingerprint density at radius 1 is 1.00 bits per heavy atom. The van der Waals surface area contributed by atoms with E-state index in [4.69, 9.17) is 4.74 Å². The highest BCUT2D eigenvalue weighted by molar-refractivity contribution is 9.10. The standard InChI is InChI=1S/C20H22BrN3O4/c1-4-18(25)22-15-8-5-13(6-9-15)19(26)23-24-20(27)16-11-14(21)7-10-17(16)28-12(2)3/h5-12H,4H2,1-3H3,(H,22,25)(H,23,26)(H,24,27). The van der Waals surface area contributed by atoms with E-state index in [9.17, 15) is 14.4 Å². The van der Waals surface area contributed by atoms with E-state index in [1.54, 1.807) is 49.4 Å². The molecule has 0 saturated heterocycles. The Hall–Kier alpha value is -2.87. The van der Waals surface area contributed by atoms with Crippen LogP contribution in [0, 0.1) is 0 Å². The van der Waals surface area contributed by atoms with Crippen LogP contribution in [0.4, 0.5) is 5.69 Å². The van der Waals surface area contributed by atoms with Gasteiger partial charge in [-0.3, -0.25) is 25.2 Å². The highest BCUT2D eigenvalue weighted by atomic mass is 79.9. The number of rotatable bonds is 6. The molecular formula is C20H22BrN3O4. The van der Waals surface area contributed by atoms with Crippen molar-refractivity contribution < 1.29 is 19.1 Å². The van der Waals surface area contributed by atoms with Crippen molar-refractivity contribution in [2.45, 2.75) is 33.3 Å². The molecule has 0 unspecified atom stereocenters. The summed E-state index contributed by atoms with van der Waals surface area (Å²) in [4.78, 5) is 36.1. The Kier molecular flexibility index (Phi) is 7.57. The van der Waals surface area contributed by atoms with Crippen molar-refractivity contribution in [1.29, 1.82) is 0 Å². The van der Waals surface area contributed by atoms with E-state index in [1.165, 1.54) is 0 Å². The summed E-state index contributed by atoms with van der Waals surface area (Å²) in [5.41, 5.74) is 5.98. The van der Waals surface area contributed by atoms with Gasteiger partial charge in [0.05, 0.1) is 11.7 Å². The van der Waals surface area contributed by atoms with Crippen molar-refractivity contribution in [3.05, 3.63) is 58.1 Å². The molecule has 0 atom stereocenters. The van der Waals surface area contributed by atoms with Crippen molar-refractivity contribution >= 4 is 39.3 Å². The van der Waals surface area contributed by atoms with Gasteiger partial charge in [-0.2, -0.15) is 0 Å². The Morgan fingerprint density at radius 3 is 2.25 bits per heavy atom. The number of hydrogen-bond acceptors (Lipinski definition) is 4. The molecule has 8 heteroatoms. The summed E-state index contributed by atoms with van der Waals surface area (Å²) in [6.07, 6.45) is 0.265. The molecule has 0 saturated carbocycles. The van der Waals surface area contributed by atoms with Crippen LogP contribution in [0.3, 0.4) is 0 Å². The van der Waals surface area contributed by atoms with Gasteiger partial charge in [0.25, 0.3) is 11.8 Å². The van der Waals surface area contributed by atoms with Crippen LogP contribution in [0.15, 0.2) is 46.9 Å². The van der Waals surface area contributed by atoms with Crippen molar-refractivity contribution in [3.8, 4) is 5.75 Å². The number of benzene rings is 2. The van der Waals surface area contributed by atoms with E-state index in [-0.39, 0.29) is 12.0 Å². The molecule has 0 radical (unpaired) electrons. The molecule has 0 bridgehead atoms. The molecule has 2 rings (SSSR count). The molecular weight excluding hydrogens is 426 g/mol. The summed E-state index contributed by atoms with van der Waals surface area (Å²) in [6.45, 7) is 5.47. The van der Waals surface area contributed by atoms with Crippen molar-refractivity contribution in [3.63, 3.8) is 0 Å². The number of hydrogen-bond donors (Lipinski definition) is 3. The first-order chi connectivity index (χ1) is 13.3. The largest absolute Gasteiger partial charge is 0.490 e. The topological polar surface area (TPSA) is 96.5 Å². The average Bonchev–Trinajstić information content (AvgIpc) is 2.67. The molecule has 7 nitrogen and oxygen atoms in total. The second-order valence-corrected chi connectivity index (χ2v) is 7.11. The minimum absolute atomic E-state index is 0.103. The van der Waals surface area contributed by atoms with E-state index in [1.807, 2.05) is 13.8 Å². The van der Waals surface area contributed by atoms with Crippen LogP contribution < -0.4 is 20.9 Å². The number of nitrogens with one attached hydrogen (secondary N) is 3. The first-order valence-electron chi connectivity index (χ1n) is 8.77. The molecule has 2 aromatic carbocycles. The lowest BCUT2D eigenvalue weighted by Gasteiger charge is -2.15. The van der Waals surface area contributed by atoms with Crippen molar-refractivity contribution in [2.24, 2.45) is 0 Å². The molecule has 0 aromatic heterocycles. The maximum atomic E-state index is 12.5. The smallest absolute Gasteiger partial charge is 0.273 e. The molecule has 0 aliphatic rings. The van der Waals surface area contributed by atoms with Crippen molar-refractivity contribution in [1.82, 2.24) is 10.9 Å². The average molecular weight is 448 g/mol. The van der Waals surface area contributed by atoms with Gasteiger partial charge in [-0.1, -0.05) is 22.9 Å². The highest BCUT2D eigenvalue weighted by Crippen LogP contribution is 2.24. The zero-order chi connectivity index (χ0) is 20.7. The number of halogens is 1. The molecule has 2 aromatic rings. The molecule has 0 heterocycles. The Labute approximate surface area is 171 Å². The quantitative estimate of drug-likeness (QED) is 0.588. The molecule has 28 heavy (non-hydrogen) atoms. The van der Waals surface area contributed by atoms with E-state index in [0.717, 1.165) is 0 Å². The summed E-state index contributed by atoms with van der Waals surface area (Å²) >= 11 is 3.32. The third kappa shape index (κ3) is 6.09. The van der Waals surface area contributed by atoms with Gasteiger partial charge >= 0.3 is 0 Å². The van der Waals surface area contributed by atoms with Crippen LogP contribution in [0.2, 0.25) is 0 Å². The lowest BCUT2D eigenvalue weighted by atomic mass is 10.2. The summed E-state index contributed by atoms with van der Waals surface area (Å²) < 4.78 is 6.35. The predicted octanol–water partition coefficient (Wildman–Crippen LogP) is 3.66. The Bertz CT molecular complexity index is 866. The van der Waals surface area contributed by atoms with Gasteiger partial charge in [0, 0.05) is 22.1 Å². The van der Waals surface area contributed by atoms with Gasteiger partial charge in [0.15, 0.2) is 0 Å². The first kappa shape index (κ1) is 21.4. The van der Waals surface area contributed by atoms with Gasteiger partial charge in [-0.05, 0) is 56.3 Å². The van der Waals surface area contributed by atoms with E-state index in [2.05, 4.69) is 32.1 Å². The lowest BCUT2D eigenvalue weighted by Crippen LogP contribution is -2.41. The minimum Gasteiger partial charge on any atom is -0.490 e. The summed E-state index contributed by atoms with van der Waals surface area (Å²) in [7, 11) is 0. The first-order valence-corrected chi connectivity index (χ1v) is 9.56. The van der Waals surface area contributed by atoms with Crippen LogP contribution in [-0.4, -0.2) is 23.8 Å². The maximum absolute atomic E-state index is 12.5. The monoisotopic (exact) mass is 447 g/mol. The van der Waals surface area contributed by atoms with Crippen LogP contribution in [0.1, 0.15) is 47.9 Å². The molecule has 3 N–H and O–H groups in total. The molecule has 0 aliphatic carbocycles. The van der Waals surface area contributed by atoms with Crippen molar-refractivity contribution in [2.75, 3.05) is 5.32 Å². The fourth-order valence-corrected chi connectivity index (χ4v) is 2.60. The number of ether oxygens (including phenoxy) is 1. The summed E-state index contributed by atoms with van der Waals surface area (Å²) in [6, 6.07) is 11.4. The van der Waals surface area contributed by atoms with Crippen LogP contribution in [-0.2, 0) is 4.79 Å². The third-order valence-corrected chi connectivity index (χ3v) is 4.08. The molecule has 148 valence electrons.